The molecule has 1 unspecified atom stereocenters. The molecule has 4 nitrogen and oxygen atoms in total. The molecular formula is C12H21ClN2O2. The van der Waals surface area contributed by atoms with Gasteiger partial charge >= 0.3 is 5.97 Å². The highest BCUT2D eigenvalue weighted by Crippen LogP contribution is 2.21. The number of imidazole rings is 1. The topological polar surface area (TPSA) is 55.1 Å². The second-order valence-electron chi connectivity index (χ2n) is 4.14. The first-order valence-corrected chi connectivity index (χ1v) is 5.86. The fourth-order valence-corrected chi connectivity index (χ4v) is 1.85. The highest BCUT2D eigenvalue weighted by Gasteiger charge is 2.22. The molecule has 0 amide bonds. The molecule has 0 aliphatic heterocycles. The Morgan fingerprint density at radius 2 is 2.18 bits per heavy atom. The van der Waals surface area contributed by atoms with E-state index in [0.29, 0.717) is 12.2 Å². The van der Waals surface area contributed by atoms with Gasteiger partial charge in [0.2, 0.25) is 0 Å². The van der Waals surface area contributed by atoms with Crippen molar-refractivity contribution < 1.29 is 9.90 Å². The molecule has 17 heavy (non-hydrogen) atoms. The van der Waals surface area contributed by atoms with E-state index < -0.39 is 11.9 Å². The maximum Gasteiger partial charge on any atom is 0.314 e. The second kappa shape index (κ2) is 8.12. The highest BCUT2D eigenvalue weighted by atomic mass is 35.5. The van der Waals surface area contributed by atoms with E-state index in [1.54, 1.807) is 17.0 Å². The van der Waals surface area contributed by atoms with E-state index in [0.717, 1.165) is 12.8 Å². The minimum absolute atomic E-state index is 0. The van der Waals surface area contributed by atoms with Crippen molar-refractivity contribution in [3.8, 4) is 0 Å². The van der Waals surface area contributed by atoms with Gasteiger partial charge in [0.1, 0.15) is 11.7 Å². The Labute approximate surface area is 108 Å². The van der Waals surface area contributed by atoms with Gasteiger partial charge in [-0.05, 0) is 6.42 Å². The van der Waals surface area contributed by atoms with E-state index >= 15 is 0 Å². The van der Waals surface area contributed by atoms with Gasteiger partial charge in [-0.2, -0.15) is 0 Å². The molecule has 98 valence electrons. The van der Waals surface area contributed by atoms with E-state index in [9.17, 15) is 9.90 Å². The molecule has 0 aromatic carbocycles. The van der Waals surface area contributed by atoms with Crippen LogP contribution in [0.25, 0.3) is 0 Å². The Morgan fingerprint density at radius 3 is 2.65 bits per heavy atom. The highest BCUT2D eigenvalue weighted by molar-refractivity contribution is 5.85. The van der Waals surface area contributed by atoms with Crippen LogP contribution in [0.3, 0.4) is 0 Å². The number of hydrogen-bond donors (Lipinski definition) is 1. The number of halogens is 1. The van der Waals surface area contributed by atoms with Gasteiger partial charge in [0.25, 0.3) is 0 Å². The zero-order chi connectivity index (χ0) is 12.0. The molecule has 0 aliphatic rings. The molecule has 5 heteroatoms. The number of rotatable bonds is 7. The quantitative estimate of drug-likeness (QED) is 0.767. The first-order chi connectivity index (χ1) is 7.66. The molecule has 0 bridgehead atoms. The van der Waals surface area contributed by atoms with Crippen LogP contribution < -0.4 is 0 Å². The Morgan fingerprint density at radius 1 is 1.47 bits per heavy atom. The lowest BCUT2D eigenvalue weighted by Crippen LogP contribution is -2.16. The second-order valence-corrected chi connectivity index (χ2v) is 4.14. The van der Waals surface area contributed by atoms with Crippen LogP contribution in [0.5, 0.6) is 0 Å². The van der Waals surface area contributed by atoms with Gasteiger partial charge in [-0.15, -0.1) is 12.4 Å². The first-order valence-electron chi connectivity index (χ1n) is 5.86. The van der Waals surface area contributed by atoms with Crippen LogP contribution in [0.2, 0.25) is 0 Å². The third kappa shape index (κ3) is 4.77. The Balaban J connectivity index is 0.00000256. The third-order valence-corrected chi connectivity index (χ3v) is 2.81. The Bertz CT molecular complexity index is 339. The van der Waals surface area contributed by atoms with Crippen molar-refractivity contribution in [2.24, 2.45) is 7.05 Å². The van der Waals surface area contributed by atoms with Crippen LogP contribution in [0.4, 0.5) is 0 Å². The fourth-order valence-electron chi connectivity index (χ4n) is 1.85. The average molecular weight is 261 g/mol. The molecular weight excluding hydrogens is 240 g/mol. The standard InChI is InChI=1S/C12H20N2O2.ClH/c1-3-4-5-6-7-10(12(15)16)11-13-8-9-14(11)2;/h8-10H,3-7H2,1-2H3,(H,15,16);1H. The van der Waals surface area contributed by atoms with Crippen molar-refractivity contribution in [1.82, 2.24) is 9.55 Å². The minimum Gasteiger partial charge on any atom is -0.481 e. The zero-order valence-corrected chi connectivity index (χ0v) is 11.2. The zero-order valence-electron chi connectivity index (χ0n) is 10.4. The first kappa shape index (κ1) is 16.0. The predicted octanol–water partition coefficient (Wildman–Crippen LogP) is 2.98. The molecule has 1 atom stereocenters. The van der Waals surface area contributed by atoms with Gasteiger partial charge in [0, 0.05) is 19.4 Å². The lowest BCUT2D eigenvalue weighted by atomic mass is 10.00. The maximum absolute atomic E-state index is 11.2. The number of carboxylic acids is 1. The van der Waals surface area contributed by atoms with Crippen LogP contribution in [0, 0.1) is 0 Å². The predicted molar refractivity (Wildman–Crippen MR) is 69.6 cm³/mol. The molecule has 1 aromatic rings. The molecule has 0 spiro atoms. The third-order valence-electron chi connectivity index (χ3n) is 2.81. The Hall–Kier alpha value is -1.03. The summed E-state index contributed by atoms with van der Waals surface area (Å²) in [6.45, 7) is 2.15. The molecule has 0 radical (unpaired) electrons. The fraction of sp³-hybridized carbons (Fsp3) is 0.667. The van der Waals surface area contributed by atoms with Crippen LogP contribution in [0.15, 0.2) is 12.4 Å². The largest absolute Gasteiger partial charge is 0.481 e. The smallest absolute Gasteiger partial charge is 0.314 e. The molecule has 1 N–H and O–H groups in total. The van der Waals surface area contributed by atoms with Crippen molar-refractivity contribution in [3.05, 3.63) is 18.2 Å². The van der Waals surface area contributed by atoms with Crippen molar-refractivity contribution in [2.75, 3.05) is 0 Å². The van der Waals surface area contributed by atoms with E-state index in [1.807, 2.05) is 7.05 Å². The number of unbranched alkanes of at least 4 members (excludes halogenated alkanes) is 3. The summed E-state index contributed by atoms with van der Waals surface area (Å²) >= 11 is 0. The van der Waals surface area contributed by atoms with Crippen molar-refractivity contribution in [1.29, 1.82) is 0 Å². The SMILES string of the molecule is CCCCCCC(C(=O)O)c1nccn1C.Cl. The molecule has 1 heterocycles. The van der Waals surface area contributed by atoms with Crippen molar-refractivity contribution >= 4 is 18.4 Å². The summed E-state index contributed by atoms with van der Waals surface area (Å²) in [5.41, 5.74) is 0. The van der Waals surface area contributed by atoms with Gasteiger partial charge in [0.05, 0.1) is 0 Å². The number of aliphatic carboxylic acids is 1. The molecule has 1 aromatic heterocycles. The van der Waals surface area contributed by atoms with Crippen LogP contribution >= 0.6 is 12.4 Å². The molecule has 0 saturated carbocycles. The summed E-state index contributed by atoms with van der Waals surface area (Å²) in [5, 5.41) is 9.17. The monoisotopic (exact) mass is 260 g/mol. The van der Waals surface area contributed by atoms with Gasteiger partial charge in [-0.25, -0.2) is 4.98 Å². The number of aryl methyl sites for hydroxylation is 1. The lowest BCUT2D eigenvalue weighted by molar-refractivity contribution is -0.139. The lowest BCUT2D eigenvalue weighted by Gasteiger charge is -2.11. The summed E-state index contributed by atoms with van der Waals surface area (Å²) in [7, 11) is 1.84. The summed E-state index contributed by atoms with van der Waals surface area (Å²) in [5.74, 6) is -0.577. The summed E-state index contributed by atoms with van der Waals surface area (Å²) in [6.07, 6.45) is 8.52. The normalized spacial score (nSPS) is 11.9. The molecule has 0 fully saturated rings. The number of hydrogen-bond acceptors (Lipinski definition) is 2. The number of carbonyl (C=O) groups is 1. The van der Waals surface area contributed by atoms with Crippen LogP contribution in [0.1, 0.15) is 50.8 Å². The van der Waals surface area contributed by atoms with Gasteiger partial charge in [-0.1, -0.05) is 32.6 Å². The summed E-state index contributed by atoms with van der Waals surface area (Å²) in [6, 6.07) is 0. The van der Waals surface area contributed by atoms with Crippen molar-refractivity contribution in [2.45, 2.75) is 44.9 Å². The summed E-state index contributed by atoms with van der Waals surface area (Å²) < 4.78 is 1.79. The van der Waals surface area contributed by atoms with Crippen LogP contribution in [-0.2, 0) is 11.8 Å². The van der Waals surface area contributed by atoms with Gasteiger partial charge < -0.3 is 9.67 Å². The van der Waals surface area contributed by atoms with E-state index in [2.05, 4.69) is 11.9 Å². The Kier molecular flexibility index (Phi) is 7.63. The minimum atomic E-state index is -0.772. The van der Waals surface area contributed by atoms with E-state index in [1.165, 1.54) is 12.8 Å². The molecule has 0 saturated heterocycles. The van der Waals surface area contributed by atoms with E-state index in [-0.39, 0.29) is 12.4 Å². The van der Waals surface area contributed by atoms with Crippen LogP contribution in [-0.4, -0.2) is 20.6 Å². The number of carboxylic acid groups (broad SMARTS) is 1. The average Bonchev–Trinajstić information content (AvgIpc) is 2.64. The summed E-state index contributed by atoms with van der Waals surface area (Å²) in [4.78, 5) is 15.3. The molecule has 1 rings (SSSR count). The number of nitrogens with zero attached hydrogens (tertiary/aromatic N) is 2. The van der Waals surface area contributed by atoms with Gasteiger partial charge in [-0.3, -0.25) is 4.79 Å². The molecule has 0 aliphatic carbocycles. The van der Waals surface area contributed by atoms with Gasteiger partial charge in [0.15, 0.2) is 0 Å². The maximum atomic E-state index is 11.2. The van der Waals surface area contributed by atoms with E-state index in [4.69, 9.17) is 0 Å². The van der Waals surface area contributed by atoms with Crippen molar-refractivity contribution in [3.63, 3.8) is 0 Å². The number of aromatic nitrogens is 2.